The molecule has 1 N–H and O–H groups in total. The number of carbonyl (C=O) groups excluding carboxylic acids is 1. The van der Waals surface area contributed by atoms with Crippen LogP contribution in [0.25, 0.3) is 11.1 Å². The van der Waals surface area contributed by atoms with Gasteiger partial charge in [-0.25, -0.2) is 0 Å². The summed E-state index contributed by atoms with van der Waals surface area (Å²) in [6, 6.07) is 13.7. The predicted molar refractivity (Wildman–Crippen MR) is 117 cm³/mol. The zero-order chi connectivity index (χ0) is 21.6. The van der Waals surface area contributed by atoms with Crippen molar-refractivity contribution in [3.05, 3.63) is 76.6 Å². The summed E-state index contributed by atoms with van der Waals surface area (Å²) in [5.74, 6) is 1.66. The number of rotatable bonds is 6. The average Bonchev–Trinajstić information content (AvgIpc) is 3.48. The van der Waals surface area contributed by atoms with Crippen molar-refractivity contribution in [1.82, 2.24) is 4.98 Å². The molecule has 1 aromatic heterocycles. The number of aromatic nitrogens is 1. The van der Waals surface area contributed by atoms with E-state index in [0.29, 0.717) is 6.42 Å². The van der Waals surface area contributed by atoms with Gasteiger partial charge in [0.25, 0.3) is 0 Å². The van der Waals surface area contributed by atoms with Crippen LogP contribution in [0.4, 0.5) is 0 Å². The van der Waals surface area contributed by atoms with Crippen molar-refractivity contribution >= 4 is 5.78 Å². The third-order valence-electron chi connectivity index (χ3n) is 6.71. The number of ether oxygens (including phenoxy) is 2. The van der Waals surface area contributed by atoms with Gasteiger partial charge in [0, 0.05) is 18.2 Å². The zero-order valence-electron chi connectivity index (χ0n) is 17.8. The Kier molecular flexibility index (Phi) is 4.78. The van der Waals surface area contributed by atoms with Gasteiger partial charge in [0.05, 0.1) is 17.7 Å². The van der Waals surface area contributed by atoms with Gasteiger partial charge in [-0.1, -0.05) is 24.3 Å². The lowest BCUT2D eigenvalue weighted by molar-refractivity contribution is -0.120. The highest BCUT2D eigenvalue weighted by atomic mass is 16.7. The maximum atomic E-state index is 13.4. The summed E-state index contributed by atoms with van der Waals surface area (Å²) in [6.45, 7) is 4.34. The summed E-state index contributed by atoms with van der Waals surface area (Å²) in [6.07, 6.45) is 3.88. The van der Waals surface area contributed by atoms with E-state index < -0.39 is 5.41 Å². The first-order chi connectivity index (χ1) is 15.0. The number of benzene rings is 2. The molecule has 1 fully saturated rings. The molecule has 0 unspecified atom stereocenters. The summed E-state index contributed by atoms with van der Waals surface area (Å²) in [5, 5.41) is 9.44. The highest BCUT2D eigenvalue weighted by molar-refractivity contribution is 5.94. The molecule has 0 bridgehead atoms. The number of hydrogen-bond acceptors (Lipinski definition) is 5. The fourth-order valence-corrected chi connectivity index (χ4v) is 4.43. The van der Waals surface area contributed by atoms with Crippen LogP contribution in [0.3, 0.4) is 0 Å². The molecule has 0 atom stereocenters. The smallest absolute Gasteiger partial charge is 0.231 e. The van der Waals surface area contributed by atoms with E-state index in [1.54, 1.807) is 0 Å². The Morgan fingerprint density at radius 2 is 1.87 bits per heavy atom. The van der Waals surface area contributed by atoms with Crippen LogP contribution in [0.2, 0.25) is 0 Å². The lowest BCUT2D eigenvalue weighted by Crippen LogP contribution is -2.23. The number of fused-ring (bicyclic) bond motifs is 1. The van der Waals surface area contributed by atoms with Gasteiger partial charge in [-0.2, -0.15) is 0 Å². The molecule has 0 saturated heterocycles. The molecule has 31 heavy (non-hydrogen) atoms. The average molecular weight is 415 g/mol. The van der Waals surface area contributed by atoms with Gasteiger partial charge >= 0.3 is 0 Å². The van der Waals surface area contributed by atoms with E-state index in [1.165, 1.54) is 0 Å². The fraction of sp³-hybridized carbons (Fsp3) is 0.308. The number of carbonyl (C=O) groups is 1. The molecule has 5 heteroatoms. The monoisotopic (exact) mass is 415 g/mol. The molecule has 0 spiro atoms. The van der Waals surface area contributed by atoms with Crippen LogP contribution < -0.4 is 9.47 Å². The zero-order valence-corrected chi connectivity index (χ0v) is 17.8. The molecular weight excluding hydrogens is 390 g/mol. The van der Waals surface area contributed by atoms with E-state index in [1.807, 2.05) is 55.6 Å². The molecule has 1 saturated carbocycles. The van der Waals surface area contributed by atoms with Crippen LogP contribution >= 0.6 is 0 Å². The van der Waals surface area contributed by atoms with E-state index in [-0.39, 0.29) is 19.2 Å². The van der Waals surface area contributed by atoms with E-state index in [2.05, 4.69) is 11.9 Å². The summed E-state index contributed by atoms with van der Waals surface area (Å²) >= 11 is 0. The minimum Gasteiger partial charge on any atom is -0.454 e. The van der Waals surface area contributed by atoms with Crippen LogP contribution in [-0.2, 0) is 23.2 Å². The summed E-state index contributed by atoms with van der Waals surface area (Å²) in [7, 11) is 0. The summed E-state index contributed by atoms with van der Waals surface area (Å²) < 4.78 is 10.9. The summed E-state index contributed by atoms with van der Waals surface area (Å²) in [4.78, 5) is 18.0. The lowest BCUT2D eigenvalue weighted by Gasteiger charge is -2.17. The van der Waals surface area contributed by atoms with Crippen molar-refractivity contribution in [2.75, 3.05) is 6.79 Å². The van der Waals surface area contributed by atoms with Crippen LogP contribution in [-0.4, -0.2) is 22.7 Å². The Balaban J connectivity index is 1.41. The van der Waals surface area contributed by atoms with Gasteiger partial charge in [0.15, 0.2) is 11.5 Å². The molecule has 0 radical (unpaired) electrons. The van der Waals surface area contributed by atoms with Crippen LogP contribution in [0.5, 0.6) is 11.5 Å². The van der Waals surface area contributed by atoms with Crippen molar-refractivity contribution in [1.29, 1.82) is 0 Å². The number of aliphatic hydroxyl groups is 1. The SMILES string of the molecule is Cc1c(-c2cccc(CO)c2)cnc(CC(=O)C2(c3ccc4c(c3)OCO4)CC2)c1C. The van der Waals surface area contributed by atoms with Crippen molar-refractivity contribution in [3.8, 4) is 22.6 Å². The van der Waals surface area contributed by atoms with Gasteiger partial charge in [-0.05, 0) is 72.7 Å². The molecule has 5 nitrogen and oxygen atoms in total. The number of ketones is 1. The van der Waals surface area contributed by atoms with E-state index >= 15 is 0 Å². The van der Waals surface area contributed by atoms with E-state index in [4.69, 9.17) is 9.47 Å². The Morgan fingerprint density at radius 3 is 2.65 bits per heavy atom. The van der Waals surface area contributed by atoms with Crippen molar-refractivity contribution in [2.24, 2.45) is 0 Å². The van der Waals surface area contributed by atoms with Crippen LogP contribution in [0.15, 0.2) is 48.7 Å². The first kappa shape index (κ1) is 19.8. The molecule has 1 aliphatic heterocycles. The molecule has 0 amide bonds. The second kappa shape index (κ2) is 7.50. The Bertz CT molecular complexity index is 1180. The van der Waals surface area contributed by atoms with E-state index in [9.17, 15) is 9.90 Å². The van der Waals surface area contributed by atoms with Gasteiger partial charge in [-0.3, -0.25) is 9.78 Å². The third kappa shape index (κ3) is 3.39. The number of nitrogens with zero attached hydrogens (tertiary/aromatic N) is 1. The number of Topliss-reactive ketones (excluding diaryl/α,β-unsaturated/α-hetero) is 1. The van der Waals surface area contributed by atoms with E-state index in [0.717, 1.165) is 63.4 Å². The topological polar surface area (TPSA) is 68.7 Å². The Hall–Kier alpha value is -3.18. The molecule has 2 aliphatic rings. The summed E-state index contributed by atoms with van der Waals surface area (Å²) in [5.41, 5.74) is 6.48. The predicted octanol–water partition coefficient (Wildman–Crippen LogP) is 4.43. The fourth-order valence-electron chi connectivity index (χ4n) is 4.43. The largest absolute Gasteiger partial charge is 0.454 e. The van der Waals surface area contributed by atoms with Crippen LogP contribution in [0.1, 0.15) is 40.8 Å². The normalized spacial score (nSPS) is 15.7. The number of aliphatic hydroxyl groups excluding tert-OH is 1. The minimum absolute atomic E-state index is 0.00776. The molecule has 3 aromatic rings. The second-order valence-corrected chi connectivity index (χ2v) is 8.48. The quantitative estimate of drug-likeness (QED) is 0.645. The van der Waals surface area contributed by atoms with Gasteiger partial charge in [0.2, 0.25) is 6.79 Å². The van der Waals surface area contributed by atoms with Gasteiger partial charge < -0.3 is 14.6 Å². The first-order valence-electron chi connectivity index (χ1n) is 10.6. The molecule has 1 aliphatic carbocycles. The maximum absolute atomic E-state index is 13.4. The first-order valence-corrected chi connectivity index (χ1v) is 10.6. The van der Waals surface area contributed by atoms with Gasteiger partial charge in [-0.15, -0.1) is 0 Å². The van der Waals surface area contributed by atoms with Crippen molar-refractivity contribution in [3.63, 3.8) is 0 Å². The van der Waals surface area contributed by atoms with Gasteiger partial charge in [0.1, 0.15) is 5.78 Å². The maximum Gasteiger partial charge on any atom is 0.231 e. The highest BCUT2D eigenvalue weighted by Crippen LogP contribution is 2.51. The molecule has 158 valence electrons. The van der Waals surface area contributed by atoms with Crippen LogP contribution in [0, 0.1) is 13.8 Å². The molecule has 2 aromatic carbocycles. The second-order valence-electron chi connectivity index (χ2n) is 8.48. The Morgan fingerprint density at radius 1 is 1.06 bits per heavy atom. The molecule has 5 rings (SSSR count). The number of hydrogen-bond donors (Lipinski definition) is 1. The molecule has 2 heterocycles. The lowest BCUT2D eigenvalue weighted by atomic mass is 9.87. The Labute approximate surface area is 181 Å². The van der Waals surface area contributed by atoms with Crippen molar-refractivity contribution < 1.29 is 19.4 Å². The minimum atomic E-state index is -0.433. The standard InChI is InChI=1S/C26H25NO4/c1-16-17(2)22(27-13-21(16)19-5-3-4-18(10-19)14-28)12-25(29)26(8-9-26)20-6-7-23-24(11-20)31-15-30-23/h3-7,10-11,13,28H,8-9,12,14-15H2,1-2H3. The number of pyridine rings is 1. The van der Waals surface area contributed by atoms with Crippen molar-refractivity contribution in [2.45, 2.75) is 45.1 Å². The third-order valence-corrected chi connectivity index (χ3v) is 6.71. The highest BCUT2D eigenvalue weighted by Gasteiger charge is 2.51. The molecular formula is C26H25NO4.